The van der Waals surface area contributed by atoms with E-state index in [0.29, 0.717) is 67.0 Å². The molecule has 1 N–H and O–H groups in total. The van der Waals surface area contributed by atoms with Crippen molar-refractivity contribution in [1.29, 1.82) is 0 Å². The topological polar surface area (TPSA) is 123 Å². The number of carbonyl (C=O) groups is 1. The van der Waals surface area contributed by atoms with E-state index < -0.39 is 10.7 Å². The van der Waals surface area contributed by atoms with Crippen molar-refractivity contribution in [3.63, 3.8) is 0 Å². The molecule has 1 aromatic heterocycles. The molecule has 0 unspecified atom stereocenters. The lowest BCUT2D eigenvalue weighted by molar-refractivity contribution is -0.339. The average molecular weight is 624 g/mol. The number of nitrogens with zero attached hydrogens (tertiary/aromatic N) is 8. The van der Waals surface area contributed by atoms with Gasteiger partial charge in [-0.05, 0) is 75.2 Å². The van der Waals surface area contributed by atoms with Crippen LogP contribution in [0.1, 0.15) is 19.4 Å². The molecule has 3 aromatic rings. The molecule has 2 saturated heterocycles. The van der Waals surface area contributed by atoms with Gasteiger partial charge in [-0.15, -0.1) is 0 Å². The predicted molar refractivity (Wildman–Crippen MR) is 172 cm³/mol. The molecule has 0 bridgehead atoms. The van der Waals surface area contributed by atoms with Crippen molar-refractivity contribution >= 4 is 52.2 Å². The lowest BCUT2D eigenvalue weighted by Gasteiger charge is -2.45. The summed E-state index contributed by atoms with van der Waals surface area (Å²) in [6.45, 7) is 11.8. The van der Waals surface area contributed by atoms with E-state index in [0.717, 1.165) is 5.56 Å². The van der Waals surface area contributed by atoms with Gasteiger partial charge in [-0.25, -0.2) is 9.37 Å². The van der Waals surface area contributed by atoms with Crippen LogP contribution in [0.2, 0.25) is 5.02 Å². The molecule has 44 heavy (non-hydrogen) atoms. The fourth-order valence-corrected chi connectivity index (χ4v) is 5.97. The third-order valence-corrected chi connectivity index (χ3v) is 8.59. The van der Waals surface area contributed by atoms with Crippen molar-refractivity contribution < 1.29 is 14.1 Å². The summed E-state index contributed by atoms with van der Waals surface area (Å²) >= 11 is 6.83. The van der Waals surface area contributed by atoms with Crippen LogP contribution in [-0.4, -0.2) is 95.3 Å². The molecule has 2 aliphatic heterocycles. The average Bonchev–Trinajstić information content (AvgIpc) is 2.94. The molecule has 232 valence electrons. The molecule has 2 aliphatic rings. The Morgan fingerprint density at radius 1 is 1.20 bits per heavy atom. The molecule has 0 spiro atoms. The fraction of sp³-hybridized carbons (Fsp3) is 0.400. The number of nitrogens with one attached hydrogen (secondary N) is 1. The smallest absolute Gasteiger partial charge is 0.352 e. The summed E-state index contributed by atoms with van der Waals surface area (Å²) in [6.07, 6.45) is 1.86. The van der Waals surface area contributed by atoms with Gasteiger partial charge in [0, 0.05) is 60.4 Å². The molecule has 0 radical (unpaired) electrons. The number of aryl methyl sites for hydroxylation is 1. The van der Waals surface area contributed by atoms with E-state index >= 15 is 4.39 Å². The van der Waals surface area contributed by atoms with E-state index in [4.69, 9.17) is 21.6 Å². The normalized spacial score (nSPS) is 19.1. The summed E-state index contributed by atoms with van der Waals surface area (Å²) in [5, 5.41) is 14.9. The predicted octanol–water partition coefficient (Wildman–Crippen LogP) is 4.39. The van der Waals surface area contributed by atoms with Gasteiger partial charge in [0.2, 0.25) is 11.9 Å². The molecular weight excluding hydrogens is 589 g/mol. The Bertz CT molecular complexity index is 1660. The van der Waals surface area contributed by atoms with Gasteiger partial charge in [-0.2, -0.15) is 10.4 Å². The van der Waals surface area contributed by atoms with Gasteiger partial charge in [-0.3, -0.25) is 4.79 Å². The quantitative estimate of drug-likeness (QED) is 0.128. The first-order chi connectivity index (χ1) is 20.9. The second-order valence-electron chi connectivity index (χ2n) is 11.5. The van der Waals surface area contributed by atoms with Crippen LogP contribution in [-0.2, 0) is 4.79 Å². The highest BCUT2D eigenvalue weighted by atomic mass is 35.5. The van der Waals surface area contributed by atoms with E-state index in [2.05, 4.69) is 26.9 Å². The number of amides is 1. The number of carbonyl (C=O) groups excluding carboxylic acids is 1. The van der Waals surface area contributed by atoms with E-state index in [1.165, 1.54) is 6.08 Å². The van der Waals surface area contributed by atoms with Gasteiger partial charge in [-0.1, -0.05) is 24.2 Å². The van der Waals surface area contributed by atoms with Crippen LogP contribution in [0.4, 0.5) is 21.8 Å². The van der Waals surface area contributed by atoms with Gasteiger partial charge in [0.1, 0.15) is 11.3 Å². The summed E-state index contributed by atoms with van der Waals surface area (Å²) in [5.74, 6) is 0.236. The van der Waals surface area contributed by atoms with Crippen LogP contribution >= 0.6 is 11.6 Å². The third kappa shape index (κ3) is 5.89. The van der Waals surface area contributed by atoms with Gasteiger partial charge in [0.15, 0.2) is 5.82 Å². The van der Waals surface area contributed by atoms with E-state index in [-0.39, 0.29) is 34.1 Å². The number of rotatable bonds is 8. The summed E-state index contributed by atoms with van der Waals surface area (Å²) < 4.78 is 16.8. The summed E-state index contributed by atoms with van der Waals surface area (Å²) in [6, 6.07) is 6.84. The number of hydrogen-bond donors (Lipinski definition) is 1. The molecule has 0 aliphatic carbocycles. The SMILES string of the molecule is C=CC(=O)N1C[C@H](C)N(c2nc(N3CC(N(C)C)C3)nc3c(F)c(-c4cc(N/N=C/[N+](=O)[O-])ccc4C)c(Cl)cc23)C[C@H]1C. The van der Waals surface area contributed by atoms with E-state index in [1.807, 2.05) is 39.8 Å². The van der Waals surface area contributed by atoms with Crippen LogP contribution in [0.5, 0.6) is 0 Å². The number of benzene rings is 2. The zero-order valence-electron chi connectivity index (χ0n) is 25.3. The Kier molecular flexibility index (Phi) is 8.71. The molecule has 5 rings (SSSR count). The number of nitro groups is 1. The zero-order valence-corrected chi connectivity index (χ0v) is 26.0. The first kappa shape index (κ1) is 31.1. The van der Waals surface area contributed by atoms with Crippen molar-refractivity contribution in [2.75, 3.05) is 55.5 Å². The standard InChI is InChI=1S/C30H35ClFN9O3/c1-7-25(42)39-12-19(4)40(13-18(39)3)29-23-11-24(31)26(22-10-20(9-8-17(22)2)36-33-16-41(43)44)27(32)28(23)34-30(35-29)38-14-21(15-38)37(5)6/h7-11,16,18-19,21,36H,1,12-15H2,2-6H3/b33-16+/t18-,19+/m1/s1. The van der Waals surface area contributed by atoms with Crippen molar-refractivity contribution in [3.05, 3.63) is 63.4 Å². The number of likely N-dealkylation sites (N-methyl/N-ethyl adjacent to an activating group) is 1. The van der Waals surface area contributed by atoms with Crippen molar-refractivity contribution in [2.24, 2.45) is 5.10 Å². The molecule has 2 atom stereocenters. The van der Waals surface area contributed by atoms with Crippen LogP contribution in [0.15, 0.2) is 42.0 Å². The lowest BCUT2D eigenvalue weighted by Crippen LogP contribution is -2.59. The lowest BCUT2D eigenvalue weighted by atomic mass is 9.97. The molecule has 3 heterocycles. The maximum absolute atomic E-state index is 16.8. The largest absolute Gasteiger partial charge is 0.358 e. The second kappa shape index (κ2) is 12.3. The van der Waals surface area contributed by atoms with E-state index in [1.54, 1.807) is 29.2 Å². The maximum atomic E-state index is 16.8. The van der Waals surface area contributed by atoms with Crippen molar-refractivity contribution in [2.45, 2.75) is 38.9 Å². The highest BCUT2D eigenvalue weighted by molar-refractivity contribution is 6.34. The highest BCUT2D eigenvalue weighted by Crippen LogP contribution is 2.41. The molecule has 0 saturated carbocycles. The Hall–Kier alpha value is -4.36. The monoisotopic (exact) mass is 623 g/mol. The zero-order chi connectivity index (χ0) is 31.9. The van der Waals surface area contributed by atoms with Gasteiger partial charge in [0.05, 0.1) is 10.7 Å². The van der Waals surface area contributed by atoms with Crippen LogP contribution in [0.3, 0.4) is 0 Å². The van der Waals surface area contributed by atoms with Crippen molar-refractivity contribution in [1.82, 2.24) is 19.8 Å². The molecule has 2 aromatic carbocycles. The van der Waals surface area contributed by atoms with Crippen LogP contribution in [0, 0.1) is 22.9 Å². The number of halogens is 2. The first-order valence-electron chi connectivity index (χ1n) is 14.2. The number of hydrazone groups is 1. The number of anilines is 3. The minimum atomic E-state index is -0.686. The molecule has 2 fully saturated rings. The fourth-order valence-electron chi connectivity index (χ4n) is 5.68. The molecular formula is C30H35ClFN9O3. The second-order valence-corrected chi connectivity index (χ2v) is 11.9. The summed E-state index contributed by atoms with van der Waals surface area (Å²) in [5.41, 5.74) is 4.55. The Balaban J connectivity index is 1.64. The Morgan fingerprint density at radius 2 is 1.93 bits per heavy atom. The molecule has 14 heteroatoms. The number of hydrogen-bond acceptors (Lipinski definition) is 10. The number of aromatic nitrogens is 2. The minimum Gasteiger partial charge on any atom is -0.358 e. The minimum absolute atomic E-state index is 0.127. The Labute approximate surface area is 259 Å². The highest BCUT2D eigenvalue weighted by Gasteiger charge is 2.36. The van der Waals surface area contributed by atoms with Gasteiger partial charge >= 0.3 is 6.34 Å². The summed E-state index contributed by atoms with van der Waals surface area (Å²) in [4.78, 5) is 40.2. The number of fused-ring (bicyclic) bond motifs is 1. The maximum Gasteiger partial charge on any atom is 0.352 e. The van der Waals surface area contributed by atoms with Gasteiger partial charge in [0.25, 0.3) is 0 Å². The molecule has 1 amide bonds. The first-order valence-corrected chi connectivity index (χ1v) is 14.6. The number of piperazine rings is 1. The van der Waals surface area contributed by atoms with Gasteiger partial charge < -0.3 is 29.7 Å². The molecule has 12 nitrogen and oxygen atoms in total. The van der Waals surface area contributed by atoms with Crippen molar-refractivity contribution in [3.8, 4) is 11.1 Å². The van der Waals surface area contributed by atoms with Crippen LogP contribution < -0.4 is 15.2 Å². The van der Waals surface area contributed by atoms with Crippen LogP contribution in [0.25, 0.3) is 22.0 Å². The van der Waals surface area contributed by atoms with E-state index in [9.17, 15) is 14.9 Å². The third-order valence-electron chi connectivity index (χ3n) is 8.29. The Morgan fingerprint density at radius 3 is 2.59 bits per heavy atom. The summed E-state index contributed by atoms with van der Waals surface area (Å²) in [7, 11) is 4.04.